The molecule has 1 atom stereocenters. The molecule has 0 unspecified atom stereocenters. The number of oxime groups is 1. The second-order valence-corrected chi connectivity index (χ2v) is 6.69. The Kier molecular flexibility index (Phi) is 3.84. The Hall–Kier alpha value is -1.99. The van der Waals surface area contributed by atoms with Crippen molar-refractivity contribution >= 4 is 39.7 Å². The average molecular weight is 337 g/mol. The normalized spacial score (nSPS) is 20.4. The molecular formula is C14H13ClN4O2S. The van der Waals surface area contributed by atoms with E-state index >= 15 is 0 Å². The molecule has 0 saturated heterocycles. The molecule has 0 aliphatic carbocycles. The van der Waals surface area contributed by atoms with Gasteiger partial charge in [0.15, 0.2) is 0 Å². The van der Waals surface area contributed by atoms with E-state index in [1.807, 2.05) is 25.1 Å². The number of aromatic nitrogens is 2. The van der Waals surface area contributed by atoms with Crippen molar-refractivity contribution in [3.05, 3.63) is 39.9 Å². The van der Waals surface area contributed by atoms with Gasteiger partial charge >= 0.3 is 0 Å². The quantitative estimate of drug-likeness (QED) is 0.934. The average Bonchev–Trinajstić information content (AvgIpc) is 3.07. The standard InChI is InChI=1S/C14H13ClN4O2S/c1-8-17-18-13(22-8)16-12(20)14(2)7-11(19-21-14)9-5-3-4-6-10(9)15/h3-6H,7H2,1-2H3,(H,16,18,20)/t14-/m1/s1. The third kappa shape index (κ3) is 2.82. The van der Waals surface area contributed by atoms with E-state index in [4.69, 9.17) is 16.4 Å². The van der Waals surface area contributed by atoms with E-state index in [0.717, 1.165) is 10.6 Å². The number of carbonyl (C=O) groups excluding carboxylic acids is 1. The van der Waals surface area contributed by atoms with Crippen LogP contribution in [0.2, 0.25) is 5.02 Å². The van der Waals surface area contributed by atoms with E-state index < -0.39 is 5.60 Å². The molecule has 0 fully saturated rings. The van der Waals surface area contributed by atoms with Crippen LogP contribution in [0.25, 0.3) is 0 Å². The van der Waals surface area contributed by atoms with Crippen molar-refractivity contribution < 1.29 is 9.63 Å². The van der Waals surface area contributed by atoms with Gasteiger partial charge in [-0.15, -0.1) is 10.2 Å². The number of halogens is 1. The van der Waals surface area contributed by atoms with E-state index in [2.05, 4.69) is 20.7 Å². The van der Waals surface area contributed by atoms with Gasteiger partial charge < -0.3 is 4.84 Å². The Morgan fingerprint density at radius 3 is 2.86 bits per heavy atom. The monoisotopic (exact) mass is 336 g/mol. The number of hydrogen-bond donors (Lipinski definition) is 1. The van der Waals surface area contributed by atoms with E-state index in [-0.39, 0.29) is 5.91 Å². The molecule has 2 aromatic rings. The Morgan fingerprint density at radius 2 is 2.18 bits per heavy atom. The highest BCUT2D eigenvalue weighted by Crippen LogP contribution is 2.30. The summed E-state index contributed by atoms with van der Waals surface area (Å²) in [5, 5.41) is 16.3. The van der Waals surface area contributed by atoms with Crippen LogP contribution in [-0.2, 0) is 9.63 Å². The third-order valence-corrected chi connectivity index (χ3v) is 4.36. The number of nitrogens with one attached hydrogen (secondary N) is 1. The van der Waals surface area contributed by atoms with Crippen molar-refractivity contribution in [2.45, 2.75) is 25.9 Å². The third-order valence-electron chi connectivity index (χ3n) is 3.27. The van der Waals surface area contributed by atoms with Crippen LogP contribution in [0.3, 0.4) is 0 Å². The first-order valence-corrected chi connectivity index (χ1v) is 7.79. The number of carbonyl (C=O) groups is 1. The summed E-state index contributed by atoms with van der Waals surface area (Å²) >= 11 is 7.46. The topological polar surface area (TPSA) is 76.5 Å². The lowest BCUT2D eigenvalue weighted by molar-refractivity contribution is -0.135. The predicted octanol–water partition coefficient (Wildman–Crippen LogP) is 3.02. The van der Waals surface area contributed by atoms with Gasteiger partial charge in [0, 0.05) is 17.0 Å². The number of rotatable bonds is 3. The second kappa shape index (κ2) is 5.66. The van der Waals surface area contributed by atoms with Gasteiger partial charge in [0.05, 0.1) is 5.71 Å². The summed E-state index contributed by atoms with van der Waals surface area (Å²) < 4.78 is 0. The largest absolute Gasteiger partial charge is 0.379 e. The second-order valence-electron chi connectivity index (χ2n) is 5.10. The minimum Gasteiger partial charge on any atom is -0.379 e. The minimum absolute atomic E-state index is 0.311. The zero-order valence-electron chi connectivity index (χ0n) is 12.0. The summed E-state index contributed by atoms with van der Waals surface area (Å²) in [7, 11) is 0. The van der Waals surface area contributed by atoms with E-state index in [1.165, 1.54) is 11.3 Å². The Morgan fingerprint density at radius 1 is 1.41 bits per heavy atom. The van der Waals surface area contributed by atoms with Crippen molar-refractivity contribution in [3.63, 3.8) is 0 Å². The Bertz CT molecular complexity index is 761. The van der Waals surface area contributed by atoms with Gasteiger partial charge in [0.1, 0.15) is 5.01 Å². The maximum absolute atomic E-state index is 12.4. The van der Waals surface area contributed by atoms with Crippen LogP contribution in [0.4, 0.5) is 5.13 Å². The van der Waals surface area contributed by atoms with Gasteiger partial charge in [-0.2, -0.15) is 0 Å². The van der Waals surface area contributed by atoms with Crippen molar-refractivity contribution in [1.29, 1.82) is 0 Å². The Labute approximate surface area is 136 Å². The van der Waals surface area contributed by atoms with Crippen LogP contribution in [0.5, 0.6) is 0 Å². The summed E-state index contributed by atoms with van der Waals surface area (Å²) in [6.45, 7) is 3.50. The first-order valence-electron chi connectivity index (χ1n) is 6.59. The molecule has 0 radical (unpaired) electrons. The molecule has 1 aliphatic heterocycles. The minimum atomic E-state index is -1.09. The zero-order chi connectivity index (χ0) is 15.7. The van der Waals surface area contributed by atoms with E-state index in [0.29, 0.717) is 22.3 Å². The van der Waals surface area contributed by atoms with Gasteiger partial charge in [-0.05, 0) is 19.9 Å². The van der Waals surface area contributed by atoms with Gasteiger partial charge in [0.25, 0.3) is 5.91 Å². The number of hydrogen-bond acceptors (Lipinski definition) is 6. The molecule has 22 heavy (non-hydrogen) atoms. The number of nitrogens with zero attached hydrogens (tertiary/aromatic N) is 3. The number of amides is 1. The SMILES string of the molecule is Cc1nnc(NC(=O)[C@@]2(C)CC(c3ccccc3Cl)=NO2)s1. The summed E-state index contributed by atoms with van der Waals surface area (Å²) in [6.07, 6.45) is 0.334. The molecule has 2 heterocycles. The van der Waals surface area contributed by atoms with Crippen LogP contribution >= 0.6 is 22.9 Å². The lowest BCUT2D eigenvalue weighted by Crippen LogP contribution is -2.40. The predicted molar refractivity (Wildman–Crippen MR) is 85.4 cm³/mol. The van der Waals surface area contributed by atoms with E-state index in [1.54, 1.807) is 13.0 Å². The van der Waals surface area contributed by atoms with Crippen molar-refractivity contribution in [1.82, 2.24) is 10.2 Å². The fourth-order valence-corrected chi connectivity index (χ4v) is 2.91. The fourth-order valence-electron chi connectivity index (χ4n) is 2.08. The maximum Gasteiger partial charge on any atom is 0.273 e. The van der Waals surface area contributed by atoms with E-state index in [9.17, 15) is 4.79 Å². The van der Waals surface area contributed by atoms with Crippen molar-refractivity contribution in [3.8, 4) is 0 Å². The molecule has 8 heteroatoms. The molecule has 1 aromatic heterocycles. The molecule has 1 N–H and O–H groups in total. The number of aryl methyl sites for hydroxylation is 1. The van der Waals surface area contributed by atoms with Gasteiger partial charge in [-0.25, -0.2) is 0 Å². The summed E-state index contributed by atoms with van der Waals surface area (Å²) in [5.74, 6) is -0.311. The molecule has 3 rings (SSSR count). The van der Waals surface area contributed by atoms with Crippen LogP contribution in [0.15, 0.2) is 29.4 Å². The molecular weight excluding hydrogens is 324 g/mol. The Balaban J connectivity index is 1.74. The summed E-state index contributed by atoms with van der Waals surface area (Å²) in [5.41, 5.74) is 0.331. The lowest BCUT2D eigenvalue weighted by Gasteiger charge is -2.19. The van der Waals surface area contributed by atoms with Gasteiger partial charge in [0.2, 0.25) is 10.7 Å². The molecule has 114 valence electrons. The first kappa shape index (κ1) is 14.9. The molecule has 1 aromatic carbocycles. The molecule has 0 spiro atoms. The van der Waals surface area contributed by atoms with Crippen LogP contribution < -0.4 is 5.32 Å². The van der Waals surface area contributed by atoms with Crippen molar-refractivity contribution in [2.75, 3.05) is 5.32 Å². The van der Waals surface area contributed by atoms with Crippen LogP contribution in [0.1, 0.15) is 23.9 Å². The lowest BCUT2D eigenvalue weighted by atomic mass is 9.95. The first-order chi connectivity index (χ1) is 10.5. The molecule has 0 bridgehead atoms. The highest BCUT2D eigenvalue weighted by atomic mass is 35.5. The molecule has 6 nitrogen and oxygen atoms in total. The van der Waals surface area contributed by atoms with Crippen LogP contribution in [0, 0.1) is 6.92 Å². The molecule has 1 amide bonds. The number of benzene rings is 1. The highest BCUT2D eigenvalue weighted by Gasteiger charge is 2.43. The number of anilines is 1. The highest BCUT2D eigenvalue weighted by molar-refractivity contribution is 7.15. The molecule has 1 aliphatic rings. The van der Waals surface area contributed by atoms with Crippen LogP contribution in [-0.4, -0.2) is 27.4 Å². The zero-order valence-corrected chi connectivity index (χ0v) is 13.5. The fraction of sp³-hybridized carbons (Fsp3) is 0.286. The maximum atomic E-state index is 12.4. The molecule has 0 saturated carbocycles. The van der Waals surface area contributed by atoms with Gasteiger partial charge in [-0.3, -0.25) is 10.1 Å². The smallest absolute Gasteiger partial charge is 0.273 e. The van der Waals surface area contributed by atoms with Gasteiger partial charge in [-0.1, -0.05) is 46.3 Å². The van der Waals surface area contributed by atoms with Crippen molar-refractivity contribution in [2.24, 2.45) is 5.16 Å². The summed E-state index contributed by atoms with van der Waals surface area (Å²) in [6, 6.07) is 7.33. The summed E-state index contributed by atoms with van der Waals surface area (Å²) in [4.78, 5) is 17.8.